The number of benzene rings is 1. The van der Waals surface area contributed by atoms with Gasteiger partial charge in [0.1, 0.15) is 0 Å². The lowest BCUT2D eigenvalue weighted by Crippen LogP contribution is -2.34. The molecule has 0 saturated heterocycles. The third kappa shape index (κ3) is 4.30. The van der Waals surface area contributed by atoms with Crippen LogP contribution in [-0.2, 0) is 16.6 Å². The van der Waals surface area contributed by atoms with E-state index in [-0.39, 0.29) is 6.04 Å². The molecule has 1 aromatic rings. The highest BCUT2D eigenvalue weighted by molar-refractivity contribution is 7.89. The Morgan fingerprint density at radius 3 is 2.50 bits per heavy atom. The van der Waals surface area contributed by atoms with Crippen molar-refractivity contribution in [3.8, 4) is 0 Å². The van der Waals surface area contributed by atoms with E-state index in [1.54, 1.807) is 12.1 Å². The van der Waals surface area contributed by atoms with Crippen molar-refractivity contribution in [2.45, 2.75) is 57.5 Å². The van der Waals surface area contributed by atoms with Gasteiger partial charge in [-0.15, -0.1) is 0 Å². The molecule has 0 heterocycles. The Kier molecular flexibility index (Phi) is 6.65. The van der Waals surface area contributed by atoms with Crippen molar-refractivity contribution in [1.82, 2.24) is 10.0 Å². The van der Waals surface area contributed by atoms with Gasteiger partial charge in [0.25, 0.3) is 0 Å². The number of hydrogen-bond acceptors (Lipinski definition) is 3. The van der Waals surface area contributed by atoms with Crippen LogP contribution in [-0.4, -0.2) is 21.5 Å². The topological polar surface area (TPSA) is 58.2 Å². The van der Waals surface area contributed by atoms with E-state index < -0.39 is 10.0 Å². The minimum Gasteiger partial charge on any atom is -0.316 e. The van der Waals surface area contributed by atoms with Crippen LogP contribution in [0.25, 0.3) is 0 Å². The second-order valence-electron chi connectivity index (χ2n) is 5.09. The highest BCUT2D eigenvalue weighted by Gasteiger charge is 2.21. The van der Waals surface area contributed by atoms with Gasteiger partial charge in [-0.25, -0.2) is 13.1 Å². The number of nitrogens with one attached hydrogen (secondary N) is 2. The Hall–Kier alpha value is -0.910. The monoisotopic (exact) mass is 298 g/mol. The van der Waals surface area contributed by atoms with Gasteiger partial charge in [0.05, 0.1) is 4.90 Å². The Bertz CT molecular complexity index is 527. The van der Waals surface area contributed by atoms with Crippen molar-refractivity contribution in [2.24, 2.45) is 0 Å². The normalized spacial score (nSPS) is 13.4. The van der Waals surface area contributed by atoms with Gasteiger partial charge in [0, 0.05) is 12.6 Å². The van der Waals surface area contributed by atoms with Gasteiger partial charge in [-0.2, -0.15) is 0 Å². The molecule has 4 nitrogen and oxygen atoms in total. The van der Waals surface area contributed by atoms with Gasteiger partial charge in [-0.3, -0.25) is 0 Å². The average Bonchev–Trinajstić information content (AvgIpc) is 2.40. The zero-order valence-electron chi connectivity index (χ0n) is 12.9. The van der Waals surface area contributed by atoms with Crippen LogP contribution < -0.4 is 10.0 Å². The summed E-state index contributed by atoms with van der Waals surface area (Å²) in [4.78, 5) is 0.389. The Labute approximate surface area is 123 Å². The number of rotatable bonds is 8. The second kappa shape index (κ2) is 7.76. The molecule has 0 radical (unpaired) electrons. The maximum absolute atomic E-state index is 12.5. The molecule has 0 bridgehead atoms. The molecule has 0 aliphatic rings. The summed E-state index contributed by atoms with van der Waals surface area (Å²) in [6.07, 6.45) is 2.65. The lowest BCUT2D eigenvalue weighted by atomic mass is 10.1. The molecule has 0 aromatic heterocycles. The van der Waals surface area contributed by atoms with Crippen molar-refractivity contribution >= 4 is 10.0 Å². The fraction of sp³-hybridized carbons (Fsp3) is 0.600. The van der Waals surface area contributed by atoms with Crippen LogP contribution in [0.4, 0.5) is 0 Å². The molecule has 1 unspecified atom stereocenters. The maximum atomic E-state index is 12.5. The second-order valence-corrected chi connectivity index (χ2v) is 6.77. The largest absolute Gasteiger partial charge is 0.316 e. The Morgan fingerprint density at radius 1 is 1.25 bits per heavy atom. The summed E-state index contributed by atoms with van der Waals surface area (Å²) < 4.78 is 27.9. The van der Waals surface area contributed by atoms with Crippen LogP contribution in [0.2, 0.25) is 0 Å². The van der Waals surface area contributed by atoms with Crippen molar-refractivity contribution in [3.63, 3.8) is 0 Å². The minimum atomic E-state index is -3.44. The van der Waals surface area contributed by atoms with E-state index in [2.05, 4.69) is 17.0 Å². The summed E-state index contributed by atoms with van der Waals surface area (Å²) in [5.41, 5.74) is 1.83. The van der Waals surface area contributed by atoms with E-state index in [1.165, 1.54) is 0 Å². The Morgan fingerprint density at radius 2 is 1.95 bits per heavy atom. The summed E-state index contributed by atoms with van der Waals surface area (Å²) in [5, 5.41) is 3.06. The van der Waals surface area contributed by atoms with Gasteiger partial charge < -0.3 is 5.32 Å². The average molecular weight is 298 g/mol. The molecule has 5 heteroatoms. The van der Waals surface area contributed by atoms with Gasteiger partial charge in [-0.05, 0) is 44.0 Å². The molecule has 2 N–H and O–H groups in total. The first-order valence-corrected chi connectivity index (χ1v) is 8.70. The fourth-order valence-corrected chi connectivity index (χ4v) is 3.95. The van der Waals surface area contributed by atoms with Crippen molar-refractivity contribution in [1.29, 1.82) is 0 Å². The molecule has 0 fully saturated rings. The van der Waals surface area contributed by atoms with Crippen molar-refractivity contribution < 1.29 is 8.42 Å². The molecular weight excluding hydrogens is 272 g/mol. The Balaban J connectivity index is 3.06. The van der Waals surface area contributed by atoms with Gasteiger partial charge in [0.2, 0.25) is 10.0 Å². The van der Waals surface area contributed by atoms with Gasteiger partial charge in [-0.1, -0.05) is 32.4 Å². The van der Waals surface area contributed by atoms with E-state index in [0.29, 0.717) is 11.4 Å². The van der Waals surface area contributed by atoms with Crippen molar-refractivity contribution in [2.75, 3.05) is 7.05 Å². The van der Waals surface area contributed by atoms with Crippen LogP contribution in [0.3, 0.4) is 0 Å². The first-order chi connectivity index (χ1) is 9.46. The van der Waals surface area contributed by atoms with E-state index >= 15 is 0 Å². The zero-order valence-corrected chi connectivity index (χ0v) is 13.7. The molecular formula is C15H26N2O2S. The molecule has 0 amide bonds. The van der Waals surface area contributed by atoms with Crippen LogP contribution in [0.1, 0.15) is 44.2 Å². The fourth-order valence-electron chi connectivity index (χ4n) is 2.31. The molecule has 0 aliphatic heterocycles. The molecule has 1 aromatic carbocycles. The van der Waals surface area contributed by atoms with E-state index in [9.17, 15) is 8.42 Å². The summed E-state index contributed by atoms with van der Waals surface area (Å²) >= 11 is 0. The van der Waals surface area contributed by atoms with Crippen LogP contribution in [0.5, 0.6) is 0 Å². The lowest BCUT2D eigenvalue weighted by Gasteiger charge is -2.18. The van der Waals surface area contributed by atoms with E-state index in [0.717, 1.165) is 30.4 Å². The predicted molar refractivity (Wildman–Crippen MR) is 83.3 cm³/mol. The summed E-state index contributed by atoms with van der Waals surface area (Å²) in [6, 6.07) is 5.44. The van der Waals surface area contributed by atoms with Crippen LogP contribution in [0, 0.1) is 6.92 Å². The smallest absolute Gasteiger partial charge is 0.241 e. The lowest BCUT2D eigenvalue weighted by molar-refractivity contribution is 0.512. The van der Waals surface area contributed by atoms with Crippen LogP contribution in [0.15, 0.2) is 23.1 Å². The molecule has 1 rings (SSSR count). The first-order valence-electron chi connectivity index (χ1n) is 7.21. The first kappa shape index (κ1) is 17.1. The summed E-state index contributed by atoms with van der Waals surface area (Å²) in [5.74, 6) is 0. The number of sulfonamides is 1. The molecule has 114 valence electrons. The highest BCUT2D eigenvalue weighted by Crippen LogP contribution is 2.20. The van der Waals surface area contributed by atoms with Crippen LogP contribution >= 0.6 is 0 Å². The standard InChI is InChI=1S/C15H26N2O2S/c1-5-8-14(6-2)17-20(18,19)15-10-7-9-13(11-16-4)12(15)3/h7,9-10,14,16-17H,5-6,8,11H2,1-4H3. The summed E-state index contributed by atoms with van der Waals surface area (Å²) in [6.45, 7) is 6.60. The highest BCUT2D eigenvalue weighted by atomic mass is 32.2. The number of hydrogen-bond donors (Lipinski definition) is 2. The summed E-state index contributed by atoms with van der Waals surface area (Å²) in [7, 11) is -1.59. The molecule has 0 saturated carbocycles. The maximum Gasteiger partial charge on any atom is 0.241 e. The van der Waals surface area contributed by atoms with E-state index in [1.807, 2.05) is 27.0 Å². The minimum absolute atomic E-state index is 0.0114. The molecule has 20 heavy (non-hydrogen) atoms. The SMILES string of the molecule is CCCC(CC)NS(=O)(=O)c1cccc(CNC)c1C. The zero-order chi connectivity index (χ0) is 15.2. The molecule has 1 atom stereocenters. The molecule has 0 aliphatic carbocycles. The quantitative estimate of drug-likeness (QED) is 0.775. The van der Waals surface area contributed by atoms with Gasteiger partial charge in [0.15, 0.2) is 0 Å². The van der Waals surface area contributed by atoms with E-state index in [4.69, 9.17) is 0 Å². The van der Waals surface area contributed by atoms with Crippen molar-refractivity contribution in [3.05, 3.63) is 29.3 Å². The third-order valence-electron chi connectivity index (χ3n) is 3.50. The third-order valence-corrected chi connectivity index (χ3v) is 5.17. The molecule has 0 spiro atoms. The predicted octanol–water partition coefficient (Wildman–Crippen LogP) is 2.57. The van der Waals surface area contributed by atoms with Gasteiger partial charge >= 0.3 is 0 Å².